The quantitative estimate of drug-likeness (QED) is 0.883. The molecule has 0 aliphatic heterocycles. The second kappa shape index (κ2) is 5.25. The van der Waals surface area contributed by atoms with Crippen LogP contribution in [0.5, 0.6) is 0 Å². The summed E-state index contributed by atoms with van der Waals surface area (Å²) in [4.78, 5) is 4.51. The van der Waals surface area contributed by atoms with E-state index >= 15 is 0 Å². The van der Waals surface area contributed by atoms with Crippen molar-refractivity contribution in [2.45, 2.75) is 34.2 Å². The van der Waals surface area contributed by atoms with Crippen molar-refractivity contribution in [3.8, 4) is 5.69 Å². The van der Waals surface area contributed by atoms with Crippen LogP contribution < -0.4 is 5.32 Å². The summed E-state index contributed by atoms with van der Waals surface area (Å²) in [5.41, 5.74) is 2.05. The Kier molecular flexibility index (Phi) is 3.69. The van der Waals surface area contributed by atoms with Gasteiger partial charge in [0.2, 0.25) is 5.95 Å². The fourth-order valence-electron chi connectivity index (χ4n) is 1.76. The van der Waals surface area contributed by atoms with Crippen LogP contribution in [0.3, 0.4) is 0 Å². The van der Waals surface area contributed by atoms with Crippen molar-refractivity contribution in [1.82, 2.24) is 19.3 Å². The molecule has 18 heavy (non-hydrogen) atoms. The molecule has 0 amide bonds. The van der Waals surface area contributed by atoms with Crippen molar-refractivity contribution in [1.29, 1.82) is 0 Å². The summed E-state index contributed by atoms with van der Waals surface area (Å²) < 4.78 is 3.97. The number of hydrogen-bond donors (Lipinski definition) is 1. The summed E-state index contributed by atoms with van der Waals surface area (Å²) in [6, 6.07) is 0. The predicted octanol–water partition coefficient (Wildman–Crippen LogP) is 2.47. The standard InChI is InChI=1S/C13H21N5/c1-5-17-9-12(7-15-17)18-8-11(4)16-13(18)14-6-10(2)3/h7-10H,5-6H2,1-4H3,(H,14,16). The first-order valence-electron chi connectivity index (χ1n) is 6.42. The van der Waals surface area contributed by atoms with Crippen LogP contribution in [0.1, 0.15) is 26.5 Å². The first kappa shape index (κ1) is 12.7. The molecule has 98 valence electrons. The van der Waals surface area contributed by atoms with Crippen LogP contribution >= 0.6 is 0 Å². The number of imidazole rings is 1. The lowest BCUT2D eigenvalue weighted by atomic mass is 10.2. The molecule has 0 atom stereocenters. The van der Waals surface area contributed by atoms with Crippen molar-refractivity contribution in [2.75, 3.05) is 11.9 Å². The molecule has 2 aromatic rings. The highest BCUT2D eigenvalue weighted by Crippen LogP contribution is 2.16. The third-order valence-electron chi connectivity index (χ3n) is 2.72. The Morgan fingerprint density at radius 2 is 2.11 bits per heavy atom. The van der Waals surface area contributed by atoms with Gasteiger partial charge in [-0.05, 0) is 19.8 Å². The number of nitrogens with zero attached hydrogens (tertiary/aromatic N) is 4. The van der Waals surface area contributed by atoms with Crippen LogP contribution in [-0.4, -0.2) is 25.9 Å². The second-order valence-corrected chi connectivity index (χ2v) is 4.90. The largest absolute Gasteiger partial charge is 0.355 e. The molecule has 2 heterocycles. The van der Waals surface area contributed by atoms with Crippen molar-refractivity contribution < 1.29 is 0 Å². The van der Waals surface area contributed by atoms with Crippen molar-refractivity contribution in [2.24, 2.45) is 5.92 Å². The highest BCUT2D eigenvalue weighted by Gasteiger charge is 2.09. The maximum Gasteiger partial charge on any atom is 0.207 e. The average molecular weight is 247 g/mol. The first-order chi connectivity index (χ1) is 8.60. The van der Waals surface area contributed by atoms with Gasteiger partial charge in [0.15, 0.2) is 0 Å². The number of rotatable bonds is 5. The van der Waals surface area contributed by atoms with Gasteiger partial charge >= 0.3 is 0 Å². The van der Waals surface area contributed by atoms with Crippen molar-refractivity contribution in [3.05, 3.63) is 24.3 Å². The summed E-state index contributed by atoms with van der Waals surface area (Å²) >= 11 is 0. The van der Waals surface area contributed by atoms with Gasteiger partial charge in [0.05, 0.1) is 17.6 Å². The van der Waals surface area contributed by atoms with Crippen molar-refractivity contribution in [3.63, 3.8) is 0 Å². The average Bonchev–Trinajstić information content (AvgIpc) is 2.92. The van der Waals surface area contributed by atoms with Gasteiger partial charge in [-0.15, -0.1) is 0 Å². The third kappa shape index (κ3) is 2.72. The van der Waals surface area contributed by atoms with E-state index in [9.17, 15) is 0 Å². The first-order valence-corrected chi connectivity index (χ1v) is 6.42. The maximum absolute atomic E-state index is 4.51. The SMILES string of the molecule is CCn1cc(-n2cc(C)nc2NCC(C)C)cn1. The Hall–Kier alpha value is -1.78. The number of aromatic nitrogens is 4. The Morgan fingerprint density at radius 1 is 1.33 bits per heavy atom. The van der Waals surface area contributed by atoms with E-state index in [4.69, 9.17) is 0 Å². The number of aryl methyl sites for hydroxylation is 2. The highest BCUT2D eigenvalue weighted by molar-refractivity contribution is 5.40. The van der Waals surface area contributed by atoms with Gasteiger partial charge in [0, 0.05) is 25.5 Å². The van der Waals surface area contributed by atoms with Crippen LogP contribution in [-0.2, 0) is 6.54 Å². The molecule has 0 saturated heterocycles. The van der Waals surface area contributed by atoms with Crippen LogP contribution in [0.2, 0.25) is 0 Å². The van der Waals surface area contributed by atoms with Crippen LogP contribution in [0.15, 0.2) is 18.6 Å². The number of hydrogen-bond acceptors (Lipinski definition) is 3. The molecule has 0 unspecified atom stereocenters. The smallest absolute Gasteiger partial charge is 0.207 e. The summed E-state index contributed by atoms with van der Waals surface area (Å²) in [5, 5.41) is 7.67. The molecule has 2 aromatic heterocycles. The Bertz CT molecular complexity index is 509. The molecule has 0 aliphatic rings. The van der Waals surface area contributed by atoms with E-state index in [1.165, 1.54) is 0 Å². The minimum Gasteiger partial charge on any atom is -0.355 e. The molecule has 0 spiro atoms. The minimum atomic E-state index is 0.592. The van der Waals surface area contributed by atoms with E-state index in [0.717, 1.165) is 30.4 Å². The fraction of sp³-hybridized carbons (Fsp3) is 0.538. The Morgan fingerprint density at radius 3 is 2.72 bits per heavy atom. The molecule has 1 N–H and O–H groups in total. The van der Waals surface area contributed by atoms with E-state index in [2.05, 4.69) is 40.7 Å². The van der Waals surface area contributed by atoms with Gasteiger partial charge in [-0.2, -0.15) is 5.10 Å². The summed E-state index contributed by atoms with van der Waals surface area (Å²) in [6.45, 7) is 10.2. The van der Waals surface area contributed by atoms with E-state index < -0.39 is 0 Å². The molecular formula is C13H21N5. The number of anilines is 1. The molecule has 0 radical (unpaired) electrons. The molecule has 0 aromatic carbocycles. The molecule has 0 bridgehead atoms. The van der Waals surface area contributed by atoms with Gasteiger partial charge in [-0.25, -0.2) is 4.98 Å². The lowest BCUT2D eigenvalue weighted by Crippen LogP contribution is -2.11. The van der Waals surface area contributed by atoms with Gasteiger partial charge in [-0.1, -0.05) is 13.8 Å². The normalized spacial score (nSPS) is 11.2. The zero-order valence-corrected chi connectivity index (χ0v) is 11.5. The lowest BCUT2D eigenvalue weighted by molar-refractivity contribution is 0.659. The molecule has 0 fully saturated rings. The molecule has 0 saturated carbocycles. The van der Waals surface area contributed by atoms with Gasteiger partial charge in [-0.3, -0.25) is 9.25 Å². The van der Waals surface area contributed by atoms with E-state index in [0.29, 0.717) is 5.92 Å². The topological polar surface area (TPSA) is 47.7 Å². The van der Waals surface area contributed by atoms with Crippen LogP contribution in [0, 0.1) is 12.8 Å². The highest BCUT2D eigenvalue weighted by atomic mass is 15.3. The van der Waals surface area contributed by atoms with E-state index in [1.807, 2.05) is 30.2 Å². The van der Waals surface area contributed by atoms with Crippen LogP contribution in [0.25, 0.3) is 5.69 Å². The monoisotopic (exact) mass is 247 g/mol. The minimum absolute atomic E-state index is 0.592. The van der Waals surface area contributed by atoms with Crippen molar-refractivity contribution >= 4 is 5.95 Å². The fourth-order valence-corrected chi connectivity index (χ4v) is 1.76. The van der Waals surface area contributed by atoms with Gasteiger partial charge < -0.3 is 5.32 Å². The molecule has 0 aliphatic carbocycles. The van der Waals surface area contributed by atoms with E-state index in [1.54, 1.807) is 0 Å². The molecule has 2 rings (SSSR count). The third-order valence-corrected chi connectivity index (χ3v) is 2.72. The zero-order chi connectivity index (χ0) is 13.1. The summed E-state index contributed by atoms with van der Waals surface area (Å²) in [5.74, 6) is 1.48. The maximum atomic E-state index is 4.51. The van der Waals surface area contributed by atoms with Gasteiger partial charge in [0.1, 0.15) is 0 Å². The Balaban J connectivity index is 2.26. The zero-order valence-electron chi connectivity index (χ0n) is 11.5. The van der Waals surface area contributed by atoms with Gasteiger partial charge in [0.25, 0.3) is 0 Å². The Labute approximate surface area is 108 Å². The molecule has 5 nitrogen and oxygen atoms in total. The number of nitrogens with one attached hydrogen (secondary N) is 1. The lowest BCUT2D eigenvalue weighted by Gasteiger charge is -2.09. The summed E-state index contributed by atoms with van der Waals surface area (Å²) in [6.07, 6.45) is 5.92. The van der Waals surface area contributed by atoms with E-state index in [-0.39, 0.29) is 0 Å². The molecular weight excluding hydrogens is 226 g/mol. The summed E-state index contributed by atoms with van der Waals surface area (Å²) in [7, 11) is 0. The predicted molar refractivity (Wildman–Crippen MR) is 73.1 cm³/mol. The molecule has 5 heteroatoms. The van der Waals surface area contributed by atoms with Crippen LogP contribution in [0.4, 0.5) is 5.95 Å². The second-order valence-electron chi connectivity index (χ2n) is 4.90.